The molecule has 0 bridgehead atoms. The normalized spacial score (nSPS) is 14.4. The van der Waals surface area contributed by atoms with Gasteiger partial charge in [-0.05, 0) is 76.7 Å². The quantitative estimate of drug-likeness (QED) is 0.338. The minimum absolute atomic E-state index is 0.433. The SMILES string of the molecule is Cc1c2c(c3c4c(cccc14)CCC3)Oc1cc(C(C)C)cc3nc[n+](C)c-2c13. The fourth-order valence-corrected chi connectivity index (χ4v) is 5.31. The van der Waals surface area contributed by atoms with Crippen molar-refractivity contribution in [1.82, 2.24) is 4.98 Å². The molecule has 0 amide bonds. The standard InChI is InChI=1S/C26H25N2O/c1-14(2)17-11-20-24-21(12-17)29-26-19-10-6-8-16-7-5-9-18(23(16)19)15(3)22(26)25(24)28(4)13-27-20/h5,7,9,11-14H,6,8,10H2,1-4H3/q+1. The second-order valence-electron chi connectivity index (χ2n) is 8.87. The van der Waals surface area contributed by atoms with Gasteiger partial charge in [0.1, 0.15) is 16.9 Å². The molecule has 3 heteroatoms. The highest BCUT2D eigenvalue weighted by molar-refractivity contribution is 6.06. The Kier molecular flexibility index (Phi) is 3.39. The number of rotatable bonds is 1. The van der Waals surface area contributed by atoms with Gasteiger partial charge in [-0.3, -0.25) is 0 Å². The van der Waals surface area contributed by atoms with E-state index in [1.54, 1.807) is 0 Å². The summed E-state index contributed by atoms with van der Waals surface area (Å²) in [5.74, 6) is 2.46. The van der Waals surface area contributed by atoms with Gasteiger partial charge >= 0.3 is 0 Å². The molecule has 0 saturated heterocycles. The molecular formula is C26H25N2O+. The molecule has 1 aromatic heterocycles. The molecule has 0 saturated carbocycles. The van der Waals surface area contributed by atoms with Gasteiger partial charge in [-0.2, -0.15) is 0 Å². The van der Waals surface area contributed by atoms with Crippen LogP contribution in [0.25, 0.3) is 32.9 Å². The summed E-state index contributed by atoms with van der Waals surface area (Å²) < 4.78 is 8.91. The molecule has 4 aromatic rings. The van der Waals surface area contributed by atoms with E-state index >= 15 is 0 Å². The van der Waals surface area contributed by atoms with Gasteiger partial charge < -0.3 is 4.74 Å². The summed E-state index contributed by atoms with van der Waals surface area (Å²) in [6, 6.07) is 11.2. The molecule has 3 nitrogen and oxygen atoms in total. The lowest BCUT2D eigenvalue weighted by atomic mass is 9.82. The number of aryl methyl sites for hydroxylation is 4. The van der Waals surface area contributed by atoms with E-state index in [9.17, 15) is 0 Å². The van der Waals surface area contributed by atoms with Crippen LogP contribution in [0, 0.1) is 6.92 Å². The van der Waals surface area contributed by atoms with Crippen molar-refractivity contribution in [2.75, 3.05) is 0 Å². The van der Waals surface area contributed by atoms with E-state index in [1.165, 1.54) is 50.7 Å². The monoisotopic (exact) mass is 381 g/mol. The molecule has 0 unspecified atom stereocenters. The van der Waals surface area contributed by atoms with E-state index in [4.69, 9.17) is 9.72 Å². The molecule has 144 valence electrons. The first-order chi connectivity index (χ1) is 14.0. The lowest BCUT2D eigenvalue weighted by Gasteiger charge is -2.28. The van der Waals surface area contributed by atoms with Gasteiger partial charge in [0.2, 0.25) is 0 Å². The van der Waals surface area contributed by atoms with Crippen molar-refractivity contribution in [3.05, 3.63) is 58.9 Å². The maximum atomic E-state index is 6.74. The highest BCUT2D eigenvalue weighted by Gasteiger charge is 2.33. The summed E-state index contributed by atoms with van der Waals surface area (Å²) in [7, 11) is 2.10. The van der Waals surface area contributed by atoms with Gasteiger partial charge in [-0.1, -0.05) is 32.0 Å². The van der Waals surface area contributed by atoms with Crippen LogP contribution >= 0.6 is 0 Å². The topological polar surface area (TPSA) is 26.0 Å². The van der Waals surface area contributed by atoms with Gasteiger partial charge in [-0.15, -0.1) is 0 Å². The lowest BCUT2D eigenvalue weighted by molar-refractivity contribution is -0.662. The first-order valence-electron chi connectivity index (χ1n) is 10.6. The Balaban J connectivity index is 1.81. The summed E-state index contributed by atoms with van der Waals surface area (Å²) in [6.07, 6.45) is 5.37. The smallest absolute Gasteiger partial charge is 0.287 e. The van der Waals surface area contributed by atoms with E-state index in [0.29, 0.717) is 5.92 Å². The maximum Gasteiger partial charge on any atom is 0.287 e. The van der Waals surface area contributed by atoms with Crippen LogP contribution in [0.15, 0.2) is 36.7 Å². The fraction of sp³-hybridized carbons (Fsp3) is 0.308. The van der Waals surface area contributed by atoms with Gasteiger partial charge in [0.25, 0.3) is 6.33 Å². The Hall–Kier alpha value is -2.94. The number of nitrogens with zero attached hydrogens (tertiary/aromatic N) is 2. The fourth-order valence-electron chi connectivity index (χ4n) is 5.31. The molecule has 0 spiro atoms. The second-order valence-corrected chi connectivity index (χ2v) is 8.87. The minimum Gasteiger partial charge on any atom is -0.455 e. The van der Waals surface area contributed by atoms with Gasteiger partial charge in [0, 0.05) is 5.56 Å². The van der Waals surface area contributed by atoms with Crippen molar-refractivity contribution in [1.29, 1.82) is 0 Å². The first-order valence-corrected chi connectivity index (χ1v) is 10.6. The average Bonchev–Trinajstić information content (AvgIpc) is 2.73. The third kappa shape index (κ3) is 2.19. The lowest BCUT2D eigenvalue weighted by Crippen LogP contribution is -2.33. The molecule has 1 aliphatic heterocycles. The number of ether oxygens (including phenoxy) is 1. The zero-order valence-electron chi connectivity index (χ0n) is 17.5. The summed E-state index contributed by atoms with van der Waals surface area (Å²) in [5.41, 5.74) is 8.92. The van der Waals surface area contributed by atoms with E-state index in [2.05, 4.69) is 62.7 Å². The third-order valence-electron chi connectivity index (χ3n) is 6.78. The van der Waals surface area contributed by atoms with Crippen molar-refractivity contribution in [3.63, 3.8) is 0 Å². The number of benzene rings is 3. The average molecular weight is 381 g/mol. The van der Waals surface area contributed by atoms with Crippen LogP contribution in [0.2, 0.25) is 0 Å². The Bertz CT molecular complexity index is 1350. The largest absolute Gasteiger partial charge is 0.455 e. The molecule has 29 heavy (non-hydrogen) atoms. The third-order valence-corrected chi connectivity index (χ3v) is 6.78. The Morgan fingerprint density at radius 2 is 1.97 bits per heavy atom. The molecule has 0 radical (unpaired) electrons. The number of hydrogen-bond donors (Lipinski definition) is 0. The summed E-state index contributed by atoms with van der Waals surface area (Å²) in [6.45, 7) is 6.70. The zero-order valence-corrected chi connectivity index (χ0v) is 17.5. The predicted molar refractivity (Wildman–Crippen MR) is 117 cm³/mol. The minimum atomic E-state index is 0.433. The molecule has 2 aliphatic rings. The van der Waals surface area contributed by atoms with Gasteiger partial charge in [0.05, 0.1) is 12.6 Å². The van der Waals surface area contributed by atoms with Crippen molar-refractivity contribution >= 4 is 21.7 Å². The van der Waals surface area contributed by atoms with E-state index in [-0.39, 0.29) is 0 Å². The molecule has 0 fully saturated rings. The van der Waals surface area contributed by atoms with Crippen molar-refractivity contribution in [2.45, 2.75) is 46.0 Å². The predicted octanol–water partition coefficient (Wildman–Crippen LogP) is 5.91. The number of hydrogen-bond acceptors (Lipinski definition) is 2. The molecule has 1 aliphatic carbocycles. The summed E-state index contributed by atoms with van der Waals surface area (Å²) in [5, 5.41) is 3.92. The Morgan fingerprint density at radius 3 is 2.79 bits per heavy atom. The zero-order chi connectivity index (χ0) is 19.9. The number of aromatic nitrogens is 2. The molecular weight excluding hydrogens is 356 g/mol. The molecule has 0 N–H and O–H groups in total. The first kappa shape index (κ1) is 17.0. The van der Waals surface area contributed by atoms with Gasteiger partial charge in [0.15, 0.2) is 11.2 Å². The van der Waals surface area contributed by atoms with Crippen LogP contribution in [0.4, 0.5) is 0 Å². The van der Waals surface area contributed by atoms with Crippen molar-refractivity contribution in [3.8, 4) is 22.8 Å². The van der Waals surface area contributed by atoms with Crippen LogP contribution in [-0.4, -0.2) is 4.98 Å². The molecule has 6 rings (SSSR count). The van der Waals surface area contributed by atoms with Crippen LogP contribution in [0.5, 0.6) is 11.5 Å². The second kappa shape index (κ2) is 5.79. The van der Waals surface area contributed by atoms with E-state index in [1.807, 2.05) is 6.33 Å². The Morgan fingerprint density at radius 1 is 1.10 bits per heavy atom. The molecule has 0 atom stereocenters. The van der Waals surface area contributed by atoms with Crippen LogP contribution in [0.3, 0.4) is 0 Å². The van der Waals surface area contributed by atoms with Crippen LogP contribution in [0.1, 0.15) is 48.4 Å². The highest BCUT2D eigenvalue weighted by Crippen LogP contribution is 2.52. The van der Waals surface area contributed by atoms with Crippen LogP contribution < -0.4 is 9.30 Å². The van der Waals surface area contributed by atoms with Crippen molar-refractivity contribution < 1.29 is 9.30 Å². The Labute approximate surface area is 171 Å². The van der Waals surface area contributed by atoms with E-state index < -0.39 is 0 Å². The molecule has 2 heterocycles. The highest BCUT2D eigenvalue weighted by atomic mass is 16.5. The van der Waals surface area contributed by atoms with E-state index in [0.717, 1.165) is 35.2 Å². The summed E-state index contributed by atoms with van der Waals surface area (Å²) in [4.78, 5) is 4.74. The maximum absolute atomic E-state index is 6.74. The van der Waals surface area contributed by atoms with Crippen molar-refractivity contribution in [2.24, 2.45) is 7.05 Å². The summed E-state index contributed by atoms with van der Waals surface area (Å²) >= 11 is 0. The van der Waals surface area contributed by atoms with Gasteiger partial charge in [-0.25, -0.2) is 4.57 Å². The molecule has 3 aromatic carbocycles. The van der Waals surface area contributed by atoms with Crippen LogP contribution in [-0.2, 0) is 19.9 Å². The number of fused-ring (bicyclic) bond motifs is 3.